The number of hydrogen-bond acceptors (Lipinski definition) is 4. The number of amides is 2. The van der Waals surface area contributed by atoms with Gasteiger partial charge in [-0.25, -0.2) is 13.2 Å². The van der Waals surface area contributed by atoms with E-state index in [9.17, 15) is 13.2 Å². The number of nitrogens with zero attached hydrogens (tertiary/aromatic N) is 2. The normalized spacial score (nSPS) is 18.6. The summed E-state index contributed by atoms with van der Waals surface area (Å²) >= 11 is 0. The van der Waals surface area contributed by atoms with Gasteiger partial charge in [-0.1, -0.05) is 0 Å². The van der Waals surface area contributed by atoms with Gasteiger partial charge in [0.05, 0.1) is 6.26 Å². The van der Waals surface area contributed by atoms with E-state index < -0.39 is 10.0 Å². The fourth-order valence-corrected chi connectivity index (χ4v) is 2.66. The van der Waals surface area contributed by atoms with Crippen LogP contribution in [-0.4, -0.2) is 75.7 Å². The number of piperazine rings is 1. The average molecular weight is 278 g/mol. The van der Waals surface area contributed by atoms with Crippen molar-refractivity contribution in [3.63, 3.8) is 0 Å². The lowest BCUT2D eigenvalue weighted by Crippen LogP contribution is -2.50. The van der Waals surface area contributed by atoms with Gasteiger partial charge in [-0.05, 0) is 6.92 Å². The van der Waals surface area contributed by atoms with Crippen molar-refractivity contribution in [2.45, 2.75) is 6.92 Å². The molecule has 0 spiro atoms. The minimum atomic E-state index is -3.06. The molecule has 1 heterocycles. The molecule has 0 unspecified atom stereocenters. The standard InChI is InChI=1S/C10H22N4O3S/c1-3-11-10(15)12-4-5-13-6-8-14(9-7-13)18(2,16)17/h3-9H2,1-2H3,(H2,11,12,15). The topological polar surface area (TPSA) is 81.8 Å². The van der Waals surface area contributed by atoms with E-state index in [-0.39, 0.29) is 6.03 Å². The van der Waals surface area contributed by atoms with E-state index in [2.05, 4.69) is 15.5 Å². The maximum absolute atomic E-state index is 11.3. The Balaban J connectivity index is 2.18. The maximum atomic E-state index is 11.3. The van der Waals surface area contributed by atoms with Gasteiger partial charge in [0.2, 0.25) is 10.0 Å². The van der Waals surface area contributed by atoms with Crippen molar-refractivity contribution in [1.29, 1.82) is 0 Å². The van der Waals surface area contributed by atoms with Gasteiger partial charge in [0.15, 0.2) is 0 Å². The van der Waals surface area contributed by atoms with Crippen molar-refractivity contribution in [2.24, 2.45) is 0 Å². The summed E-state index contributed by atoms with van der Waals surface area (Å²) in [6.07, 6.45) is 1.24. The maximum Gasteiger partial charge on any atom is 0.314 e. The third-order valence-electron chi connectivity index (χ3n) is 2.85. The Morgan fingerprint density at radius 1 is 1.17 bits per heavy atom. The van der Waals surface area contributed by atoms with Crippen LogP contribution in [0.15, 0.2) is 0 Å². The summed E-state index contributed by atoms with van der Waals surface area (Å²) in [7, 11) is -3.06. The van der Waals surface area contributed by atoms with Crippen molar-refractivity contribution >= 4 is 16.1 Å². The summed E-state index contributed by atoms with van der Waals surface area (Å²) in [4.78, 5) is 13.3. The molecule has 1 rings (SSSR count). The third kappa shape index (κ3) is 5.19. The van der Waals surface area contributed by atoms with Crippen molar-refractivity contribution in [1.82, 2.24) is 19.8 Å². The first-order valence-electron chi connectivity index (χ1n) is 6.12. The largest absolute Gasteiger partial charge is 0.338 e. The number of carbonyl (C=O) groups excluding carboxylic acids is 1. The van der Waals surface area contributed by atoms with Gasteiger partial charge in [-0.2, -0.15) is 4.31 Å². The third-order valence-corrected chi connectivity index (χ3v) is 4.15. The number of rotatable bonds is 5. The molecular weight excluding hydrogens is 256 g/mol. The van der Waals surface area contributed by atoms with Gasteiger partial charge in [-0.3, -0.25) is 4.90 Å². The summed E-state index contributed by atoms with van der Waals surface area (Å²) in [5.74, 6) is 0. The van der Waals surface area contributed by atoms with E-state index in [0.717, 1.165) is 6.54 Å². The van der Waals surface area contributed by atoms with Crippen LogP contribution < -0.4 is 10.6 Å². The van der Waals surface area contributed by atoms with Crippen LogP contribution >= 0.6 is 0 Å². The Bertz CT molecular complexity index is 363. The van der Waals surface area contributed by atoms with Gasteiger partial charge in [0.25, 0.3) is 0 Å². The second-order valence-corrected chi connectivity index (χ2v) is 6.27. The summed E-state index contributed by atoms with van der Waals surface area (Å²) in [6, 6.07) is -0.160. The lowest BCUT2D eigenvalue weighted by molar-refractivity contribution is 0.188. The zero-order valence-corrected chi connectivity index (χ0v) is 11.8. The Labute approximate surface area is 109 Å². The SMILES string of the molecule is CCNC(=O)NCCN1CCN(S(C)(=O)=O)CC1. The van der Waals surface area contributed by atoms with Gasteiger partial charge in [-0.15, -0.1) is 0 Å². The van der Waals surface area contributed by atoms with Crippen LogP contribution in [0, 0.1) is 0 Å². The van der Waals surface area contributed by atoms with E-state index in [1.807, 2.05) is 6.92 Å². The monoisotopic (exact) mass is 278 g/mol. The highest BCUT2D eigenvalue weighted by Crippen LogP contribution is 2.04. The van der Waals surface area contributed by atoms with E-state index in [4.69, 9.17) is 0 Å². The molecule has 0 aromatic rings. The molecule has 8 heteroatoms. The van der Waals surface area contributed by atoms with Crippen LogP contribution in [0.25, 0.3) is 0 Å². The van der Waals surface area contributed by atoms with Gasteiger partial charge in [0.1, 0.15) is 0 Å². The Kier molecular flexibility index (Phi) is 5.83. The van der Waals surface area contributed by atoms with E-state index in [1.165, 1.54) is 10.6 Å². The van der Waals surface area contributed by atoms with Crippen LogP contribution in [0.1, 0.15) is 6.92 Å². The van der Waals surface area contributed by atoms with E-state index in [0.29, 0.717) is 39.3 Å². The van der Waals surface area contributed by atoms with Crippen molar-refractivity contribution < 1.29 is 13.2 Å². The Morgan fingerprint density at radius 3 is 2.28 bits per heavy atom. The van der Waals surface area contributed by atoms with E-state index in [1.54, 1.807) is 0 Å². The average Bonchev–Trinajstić information content (AvgIpc) is 2.29. The lowest BCUT2D eigenvalue weighted by Gasteiger charge is -2.33. The molecule has 7 nitrogen and oxygen atoms in total. The predicted octanol–water partition coefficient (Wildman–Crippen LogP) is -1.12. The molecule has 0 aliphatic carbocycles. The highest BCUT2D eigenvalue weighted by molar-refractivity contribution is 7.88. The number of urea groups is 1. The van der Waals surface area contributed by atoms with Crippen molar-refractivity contribution in [3.8, 4) is 0 Å². The first-order chi connectivity index (χ1) is 8.43. The first kappa shape index (κ1) is 15.2. The summed E-state index contributed by atoms with van der Waals surface area (Å²) in [5.41, 5.74) is 0. The van der Waals surface area contributed by atoms with Crippen LogP contribution in [0.3, 0.4) is 0 Å². The molecule has 1 fully saturated rings. The molecule has 0 aromatic heterocycles. The van der Waals surface area contributed by atoms with Gasteiger partial charge in [0, 0.05) is 45.8 Å². The second kappa shape index (κ2) is 6.91. The van der Waals surface area contributed by atoms with Crippen LogP contribution in [0.5, 0.6) is 0 Å². The highest BCUT2D eigenvalue weighted by Gasteiger charge is 2.22. The molecule has 1 aliphatic heterocycles. The first-order valence-corrected chi connectivity index (χ1v) is 7.97. The molecular formula is C10H22N4O3S. The zero-order valence-electron chi connectivity index (χ0n) is 11.0. The minimum Gasteiger partial charge on any atom is -0.338 e. The Morgan fingerprint density at radius 2 is 1.78 bits per heavy atom. The van der Waals surface area contributed by atoms with Crippen LogP contribution in [0.4, 0.5) is 4.79 Å². The fourth-order valence-electron chi connectivity index (χ4n) is 1.84. The summed E-state index contributed by atoms with van der Waals surface area (Å²) < 4.78 is 24.1. The number of sulfonamides is 1. The molecule has 1 saturated heterocycles. The number of nitrogens with one attached hydrogen (secondary N) is 2. The second-order valence-electron chi connectivity index (χ2n) is 4.29. The Hall–Kier alpha value is -0.860. The van der Waals surface area contributed by atoms with Crippen molar-refractivity contribution in [2.75, 3.05) is 52.1 Å². The predicted molar refractivity (Wildman–Crippen MR) is 69.9 cm³/mol. The molecule has 0 atom stereocenters. The quantitative estimate of drug-likeness (QED) is 0.668. The molecule has 106 valence electrons. The van der Waals surface area contributed by atoms with Gasteiger partial charge >= 0.3 is 6.03 Å². The highest BCUT2D eigenvalue weighted by atomic mass is 32.2. The fraction of sp³-hybridized carbons (Fsp3) is 0.900. The zero-order chi connectivity index (χ0) is 13.6. The van der Waals surface area contributed by atoms with Crippen LogP contribution in [0.2, 0.25) is 0 Å². The molecule has 0 bridgehead atoms. The molecule has 1 aliphatic rings. The smallest absolute Gasteiger partial charge is 0.314 e. The van der Waals surface area contributed by atoms with Crippen LogP contribution in [-0.2, 0) is 10.0 Å². The molecule has 0 aromatic carbocycles. The molecule has 2 N–H and O–H groups in total. The summed E-state index contributed by atoms with van der Waals surface area (Å²) in [5, 5.41) is 5.40. The molecule has 18 heavy (non-hydrogen) atoms. The molecule has 2 amide bonds. The molecule has 0 radical (unpaired) electrons. The number of hydrogen-bond donors (Lipinski definition) is 2. The summed E-state index contributed by atoms with van der Waals surface area (Å²) in [6.45, 7) is 6.27. The minimum absolute atomic E-state index is 0.160. The lowest BCUT2D eigenvalue weighted by atomic mass is 10.3. The van der Waals surface area contributed by atoms with E-state index >= 15 is 0 Å². The van der Waals surface area contributed by atoms with Gasteiger partial charge < -0.3 is 10.6 Å². The van der Waals surface area contributed by atoms with Crippen molar-refractivity contribution in [3.05, 3.63) is 0 Å². The number of carbonyl (C=O) groups is 1. The molecule has 0 saturated carbocycles.